The fourth-order valence-corrected chi connectivity index (χ4v) is 5.08. The van der Waals surface area contributed by atoms with Crippen LogP contribution in [0.5, 0.6) is 0 Å². The maximum atomic E-state index is 12.2. The third-order valence-electron chi connectivity index (χ3n) is 6.85. The Hall–Kier alpha value is -3.45. The van der Waals surface area contributed by atoms with Crippen molar-refractivity contribution in [2.24, 2.45) is 0 Å². The normalized spacial score (nSPS) is 16.6. The lowest BCUT2D eigenvalue weighted by molar-refractivity contribution is 0.0699. The highest BCUT2D eigenvalue weighted by molar-refractivity contribution is 6.04. The topological polar surface area (TPSA) is 80.5 Å². The molecule has 0 unspecified atom stereocenters. The van der Waals surface area contributed by atoms with Crippen LogP contribution in [0.3, 0.4) is 0 Å². The van der Waals surface area contributed by atoms with Crippen molar-refractivity contribution in [3.8, 4) is 5.69 Å². The maximum Gasteiger partial charge on any atom is 0.338 e. The number of para-hydroxylation sites is 1. The molecule has 4 aromatic rings. The molecule has 7 heteroatoms. The van der Waals surface area contributed by atoms with Gasteiger partial charge in [-0.1, -0.05) is 18.2 Å². The summed E-state index contributed by atoms with van der Waals surface area (Å²) in [6, 6.07) is 12.0. The number of ether oxygens (including phenoxy) is 1. The summed E-state index contributed by atoms with van der Waals surface area (Å²) in [4.78, 5) is 24.2. The molecule has 1 saturated carbocycles. The van der Waals surface area contributed by atoms with E-state index in [1.807, 2.05) is 19.1 Å². The van der Waals surface area contributed by atoms with Crippen molar-refractivity contribution in [1.29, 1.82) is 0 Å². The van der Waals surface area contributed by atoms with Gasteiger partial charge in [0.2, 0.25) is 0 Å². The van der Waals surface area contributed by atoms with E-state index in [1.165, 1.54) is 12.8 Å². The highest BCUT2D eigenvalue weighted by Crippen LogP contribution is 2.44. The first-order valence-electron chi connectivity index (χ1n) is 11.5. The Balaban J connectivity index is 1.68. The van der Waals surface area contributed by atoms with Crippen LogP contribution < -0.4 is 4.90 Å². The number of rotatable bonds is 4. The van der Waals surface area contributed by atoms with E-state index in [2.05, 4.69) is 34.6 Å². The Bertz CT molecular complexity index is 1410. The van der Waals surface area contributed by atoms with Crippen LogP contribution in [0.4, 0.5) is 5.69 Å². The number of carbonyl (C=O) groups is 1. The predicted molar refractivity (Wildman–Crippen MR) is 128 cm³/mol. The van der Waals surface area contributed by atoms with Gasteiger partial charge in [-0.25, -0.2) is 9.78 Å². The van der Waals surface area contributed by atoms with Gasteiger partial charge in [0.15, 0.2) is 0 Å². The number of hydrogen-bond acceptors (Lipinski definition) is 5. The van der Waals surface area contributed by atoms with E-state index in [4.69, 9.17) is 14.7 Å². The molecule has 0 radical (unpaired) electrons. The van der Waals surface area contributed by atoms with Gasteiger partial charge < -0.3 is 14.7 Å². The van der Waals surface area contributed by atoms with Gasteiger partial charge in [-0.05, 0) is 50.5 Å². The average Bonchev–Trinajstić information content (AvgIpc) is 3.61. The van der Waals surface area contributed by atoms with Crippen LogP contribution in [-0.2, 0) is 4.74 Å². The van der Waals surface area contributed by atoms with Crippen molar-refractivity contribution in [3.63, 3.8) is 0 Å². The summed E-state index contributed by atoms with van der Waals surface area (Å²) in [5.41, 5.74) is 6.76. The predicted octanol–water partition coefficient (Wildman–Crippen LogP) is 4.60. The molecule has 2 aromatic carbocycles. The maximum absolute atomic E-state index is 12.2. The Labute approximate surface area is 191 Å². The summed E-state index contributed by atoms with van der Waals surface area (Å²) < 4.78 is 7.64. The van der Waals surface area contributed by atoms with Crippen molar-refractivity contribution in [2.45, 2.75) is 32.6 Å². The molecule has 6 rings (SSSR count). The van der Waals surface area contributed by atoms with Crippen molar-refractivity contribution in [3.05, 3.63) is 59.0 Å². The summed E-state index contributed by atoms with van der Waals surface area (Å²) in [5, 5.41) is 11.1. The third kappa shape index (κ3) is 3.26. The number of benzene rings is 2. The highest BCUT2D eigenvalue weighted by atomic mass is 16.5. The lowest BCUT2D eigenvalue weighted by Gasteiger charge is -2.29. The van der Waals surface area contributed by atoms with Gasteiger partial charge in [-0.15, -0.1) is 0 Å². The number of fused-ring (bicyclic) bond motifs is 2. The van der Waals surface area contributed by atoms with Crippen molar-refractivity contribution in [2.75, 3.05) is 31.2 Å². The van der Waals surface area contributed by atoms with E-state index in [0.29, 0.717) is 24.6 Å². The summed E-state index contributed by atoms with van der Waals surface area (Å²) >= 11 is 0. The molecule has 3 heterocycles. The molecule has 1 aliphatic carbocycles. The SMILES string of the molecule is Cc1c(C2CC2)nc2ccccc2c1-n1c(C)nc2c(C(=O)O)cc(N3CCOCC3)cc21. The number of aromatic carboxylic acids is 1. The quantitative estimate of drug-likeness (QED) is 0.497. The lowest BCUT2D eigenvalue weighted by Crippen LogP contribution is -2.36. The number of imidazole rings is 1. The molecule has 33 heavy (non-hydrogen) atoms. The monoisotopic (exact) mass is 442 g/mol. The second-order valence-corrected chi connectivity index (χ2v) is 9.02. The molecule has 1 saturated heterocycles. The second-order valence-electron chi connectivity index (χ2n) is 9.02. The van der Waals surface area contributed by atoms with E-state index in [9.17, 15) is 9.90 Å². The standard InChI is InChI=1S/C26H26N4O3/c1-15-23(17-7-8-17)28-21-6-4-3-5-19(21)25(15)30-16(2)27-24-20(26(31)32)13-18(14-22(24)30)29-9-11-33-12-10-29/h3-6,13-14,17H,7-12H2,1-2H3,(H,31,32). The Morgan fingerprint density at radius 2 is 1.85 bits per heavy atom. The number of morpholine rings is 1. The van der Waals surface area contributed by atoms with Crippen LogP contribution in [-0.4, -0.2) is 51.9 Å². The first kappa shape index (κ1) is 20.2. The number of aryl methyl sites for hydroxylation is 1. The van der Waals surface area contributed by atoms with E-state index in [-0.39, 0.29) is 5.56 Å². The molecule has 0 bridgehead atoms. The van der Waals surface area contributed by atoms with Crippen LogP contribution >= 0.6 is 0 Å². The molecule has 2 fully saturated rings. The Kier molecular flexibility index (Phi) is 4.62. The number of nitrogens with zero attached hydrogens (tertiary/aromatic N) is 4. The molecule has 0 amide bonds. The number of anilines is 1. The summed E-state index contributed by atoms with van der Waals surface area (Å²) in [5.74, 6) is 0.310. The fourth-order valence-electron chi connectivity index (χ4n) is 5.08. The number of carboxylic acids is 1. The van der Waals surface area contributed by atoms with Gasteiger partial charge in [0.1, 0.15) is 11.3 Å². The number of hydrogen-bond donors (Lipinski definition) is 1. The average molecular weight is 443 g/mol. The molecular formula is C26H26N4O3. The largest absolute Gasteiger partial charge is 0.478 e. The van der Waals surface area contributed by atoms with Crippen LogP contribution in [0.15, 0.2) is 36.4 Å². The summed E-state index contributed by atoms with van der Waals surface area (Å²) in [6.45, 7) is 6.83. The van der Waals surface area contributed by atoms with E-state index < -0.39 is 5.97 Å². The molecule has 0 spiro atoms. The number of carboxylic acid groups (broad SMARTS) is 1. The molecular weight excluding hydrogens is 416 g/mol. The minimum atomic E-state index is -0.963. The molecule has 1 N–H and O–H groups in total. The zero-order valence-electron chi connectivity index (χ0n) is 18.8. The first-order valence-corrected chi connectivity index (χ1v) is 11.5. The number of aromatic nitrogens is 3. The van der Waals surface area contributed by atoms with E-state index >= 15 is 0 Å². The lowest BCUT2D eigenvalue weighted by atomic mass is 10.0. The second kappa shape index (κ2) is 7.56. The van der Waals surface area contributed by atoms with Crippen LogP contribution in [0, 0.1) is 13.8 Å². The van der Waals surface area contributed by atoms with Crippen molar-refractivity contribution in [1.82, 2.24) is 14.5 Å². The minimum Gasteiger partial charge on any atom is -0.478 e. The number of pyridine rings is 1. The van der Waals surface area contributed by atoms with Crippen LogP contribution in [0.2, 0.25) is 0 Å². The van der Waals surface area contributed by atoms with Crippen molar-refractivity contribution >= 4 is 33.6 Å². The molecule has 1 aliphatic heterocycles. The van der Waals surface area contributed by atoms with Gasteiger partial charge in [0, 0.05) is 35.8 Å². The van der Waals surface area contributed by atoms with Gasteiger partial charge >= 0.3 is 5.97 Å². The van der Waals surface area contributed by atoms with Crippen molar-refractivity contribution < 1.29 is 14.6 Å². The zero-order valence-corrected chi connectivity index (χ0v) is 18.8. The third-order valence-corrected chi connectivity index (χ3v) is 6.85. The summed E-state index contributed by atoms with van der Waals surface area (Å²) in [7, 11) is 0. The minimum absolute atomic E-state index is 0.231. The molecule has 0 atom stereocenters. The fraction of sp³-hybridized carbons (Fsp3) is 0.346. The molecule has 2 aliphatic rings. The molecule has 168 valence electrons. The first-order chi connectivity index (χ1) is 16.0. The highest BCUT2D eigenvalue weighted by Gasteiger charge is 2.30. The van der Waals surface area contributed by atoms with Gasteiger partial charge in [0.05, 0.1) is 35.5 Å². The Morgan fingerprint density at radius 3 is 2.58 bits per heavy atom. The van der Waals surface area contributed by atoms with Gasteiger partial charge in [-0.2, -0.15) is 0 Å². The smallest absolute Gasteiger partial charge is 0.338 e. The van der Waals surface area contributed by atoms with Crippen LogP contribution in [0.25, 0.3) is 27.6 Å². The van der Waals surface area contributed by atoms with Gasteiger partial charge in [-0.3, -0.25) is 9.55 Å². The molecule has 7 nitrogen and oxygen atoms in total. The van der Waals surface area contributed by atoms with E-state index in [1.54, 1.807) is 6.07 Å². The van der Waals surface area contributed by atoms with E-state index in [0.717, 1.165) is 58.0 Å². The molecule has 2 aromatic heterocycles. The van der Waals surface area contributed by atoms with Gasteiger partial charge in [0.25, 0.3) is 0 Å². The summed E-state index contributed by atoms with van der Waals surface area (Å²) in [6.07, 6.45) is 2.33. The Morgan fingerprint density at radius 1 is 1.09 bits per heavy atom. The zero-order chi connectivity index (χ0) is 22.7. The van der Waals surface area contributed by atoms with Crippen LogP contribution in [0.1, 0.15) is 46.2 Å².